The number of carboxylic acids is 1. The smallest absolute Gasteiger partial charge is 0.407 e. The molecule has 1 fully saturated rings. The van der Waals surface area contributed by atoms with Crippen LogP contribution in [0.15, 0.2) is 48.5 Å². The Morgan fingerprint density at radius 2 is 1.74 bits per heavy atom. The highest BCUT2D eigenvalue weighted by Gasteiger charge is 2.45. The second kappa shape index (κ2) is 10.5. The molecule has 2 unspecified atom stereocenters. The molecule has 8 heteroatoms. The van der Waals surface area contributed by atoms with E-state index in [4.69, 9.17) is 9.47 Å². The maximum Gasteiger partial charge on any atom is 0.407 e. The number of likely N-dealkylation sites (tertiary alicyclic amines) is 1. The molecular weight excluding hydrogens is 448 g/mol. The molecule has 0 spiro atoms. The number of methoxy groups -OCH3 is 1. The average Bonchev–Trinajstić information content (AvgIpc) is 3.46. The standard InChI is InChI=1S/C27H32N2O6/c1-3-27(25(31)32)13-15-29(17-27)24(30)23(34-2)12-14-28-26(33)35-16-22-20-10-6-4-8-18(20)19-9-5-7-11-21(19)22/h4-11,22-23H,3,12-17H2,1-2H3,(H,28,33)(H,31,32). The number of rotatable bonds is 9. The molecule has 1 aliphatic carbocycles. The van der Waals surface area contributed by atoms with Crippen molar-refractivity contribution in [3.8, 4) is 11.1 Å². The Morgan fingerprint density at radius 1 is 1.11 bits per heavy atom. The highest BCUT2D eigenvalue weighted by molar-refractivity contribution is 5.84. The first-order valence-corrected chi connectivity index (χ1v) is 12.0. The van der Waals surface area contributed by atoms with E-state index in [9.17, 15) is 19.5 Å². The van der Waals surface area contributed by atoms with E-state index < -0.39 is 23.6 Å². The van der Waals surface area contributed by atoms with Gasteiger partial charge in [-0.15, -0.1) is 0 Å². The summed E-state index contributed by atoms with van der Waals surface area (Å²) in [6, 6.07) is 16.3. The van der Waals surface area contributed by atoms with Gasteiger partial charge in [-0.05, 0) is 35.1 Å². The first-order valence-electron chi connectivity index (χ1n) is 12.0. The van der Waals surface area contributed by atoms with Crippen molar-refractivity contribution >= 4 is 18.0 Å². The number of amides is 2. The van der Waals surface area contributed by atoms with Crippen molar-refractivity contribution in [3.63, 3.8) is 0 Å². The SMILES string of the molecule is CCC1(C(=O)O)CCN(C(=O)C(CCNC(=O)OCC2c3ccccc3-c3ccccc32)OC)C1. The van der Waals surface area contributed by atoms with E-state index in [-0.39, 0.29) is 37.9 Å². The van der Waals surface area contributed by atoms with Gasteiger partial charge in [0, 0.05) is 39.1 Å². The average molecular weight is 481 g/mol. The predicted octanol–water partition coefficient (Wildman–Crippen LogP) is 3.64. The van der Waals surface area contributed by atoms with Crippen molar-refractivity contribution in [1.29, 1.82) is 0 Å². The zero-order chi connectivity index (χ0) is 25.0. The minimum absolute atomic E-state index is 0.0234. The number of benzene rings is 2. The molecule has 2 aromatic rings. The fourth-order valence-corrected chi connectivity index (χ4v) is 5.18. The van der Waals surface area contributed by atoms with Gasteiger partial charge in [-0.3, -0.25) is 9.59 Å². The lowest BCUT2D eigenvalue weighted by atomic mass is 9.84. The Balaban J connectivity index is 1.27. The van der Waals surface area contributed by atoms with E-state index >= 15 is 0 Å². The van der Waals surface area contributed by atoms with E-state index in [2.05, 4.69) is 29.6 Å². The van der Waals surface area contributed by atoms with E-state index in [1.54, 1.807) is 4.90 Å². The third-order valence-electron chi connectivity index (χ3n) is 7.38. The van der Waals surface area contributed by atoms with E-state index in [0.29, 0.717) is 19.4 Å². The van der Waals surface area contributed by atoms with Crippen molar-refractivity contribution in [1.82, 2.24) is 10.2 Å². The lowest BCUT2D eigenvalue weighted by Gasteiger charge is -2.25. The molecule has 1 aliphatic heterocycles. The fraction of sp³-hybridized carbons (Fsp3) is 0.444. The van der Waals surface area contributed by atoms with Crippen LogP contribution in [0, 0.1) is 5.41 Å². The van der Waals surface area contributed by atoms with Gasteiger partial charge in [0.2, 0.25) is 0 Å². The third kappa shape index (κ3) is 4.89. The Hall–Kier alpha value is -3.39. The molecule has 2 amide bonds. The summed E-state index contributed by atoms with van der Waals surface area (Å²) in [5, 5.41) is 12.3. The molecule has 4 rings (SSSR count). The minimum atomic E-state index is -0.895. The monoisotopic (exact) mass is 480 g/mol. The zero-order valence-electron chi connectivity index (χ0n) is 20.2. The number of aliphatic carboxylic acids is 1. The van der Waals surface area contributed by atoms with Gasteiger partial charge in [-0.25, -0.2) is 4.79 Å². The molecule has 1 saturated heterocycles. The van der Waals surface area contributed by atoms with Gasteiger partial charge in [0.15, 0.2) is 0 Å². The second-order valence-corrected chi connectivity index (χ2v) is 9.21. The Kier molecular flexibility index (Phi) is 7.40. The first-order chi connectivity index (χ1) is 16.9. The molecule has 0 saturated carbocycles. The summed E-state index contributed by atoms with van der Waals surface area (Å²) in [4.78, 5) is 38.5. The molecule has 2 aliphatic rings. The predicted molar refractivity (Wildman–Crippen MR) is 130 cm³/mol. The summed E-state index contributed by atoms with van der Waals surface area (Å²) in [7, 11) is 1.44. The molecule has 8 nitrogen and oxygen atoms in total. The van der Waals surface area contributed by atoms with Crippen LogP contribution < -0.4 is 5.32 Å². The number of ether oxygens (including phenoxy) is 2. The number of carbonyl (C=O) groups excluding carboxylic acids is 2. The van der Waals surface area contributed by atoms with Gasteiger partial charge >= 0.3 is 12.1 Å². The van der Waals surface area contributed by atoms with Crippen molar-refractivity contribution in [3.05, 3.63) is 59.7 Å². The largest absolute Gasteiger partial charge is 0.481 e. The topological polar surface area (TPSA) is 105 Å². The summed E-state index contributed by atoms with van der Waals surface area (Å²) in [6.07, 6.45) is -0.148. The van der Waals surface area contributed by atoms with Gasteiger partial charge in [0.25, 0.3) is 5.91 Å². The van der Waals surface area contributed by atoms with Crippen LogP contribution in [0.2, 0.25) is 0 Å². The van der Waals surface area contributed by atoms with Crippen molar-refractivity contribution in [2.45, 2.75) is 38.2 Å². The Morgan fingerprint density at radius 3 is 2.29 bits per heavy atom. The van der Waals surface area contributed by atoms with Crippen LogP contribution in [-0.2, 0) is 19.1 Å². The van der Waals surface area contributed by atoms with Gasteiger partial charge < -0.3 is 24.8 Å². The molecule has 2 aromatic carbocycles. The first kappa shape index (κ1) is 24.7. The van der Waals surface area contributed by atoms with E-state index in [0.717, 1.165) is 22.3 Å². The second-order valence-electron chi connectivity index (χ2n) is 9.21. The Labute approximate surface area is 205 Å². The molecule has 2 N–H and O–H groups in total. The molecule has 0 bridgehead atoms. The van der Waals surface area contributed by atoms with E-state index in [1.165, 1.54) is 7.11 Å². The number of hydrogen-bond acceptors (Lipinski definition) is 5. The zero-order valence-corrected chi connectivity index (χ0v) is 20.2. The summed E-state index contributed by atoms with van der Waals surface area (Å²) in [5.41, 5.74) is 3.71. The van der Waals surface area contributed by atoms with Crippen LogP contribution in [0.5, 0.6) is 0 Å². The molecule has 186 valence electrons. The van der Waals surface area contributed by atoms with Gasteiger partial charge in [-0.2, -0.15) is 0 Å². The number of carbonyl (C=O) groups is 3. The van der Waals surface area contributed by atoms with Crippen LogP contribution in [0.25, 0.3) is 11.1 Å². The van der Waals surface area contributed by atoms with Crippen molar-refractivity contribution in [2.75, 3.05) is 33.4 Å². The molecular formula is C27H32N2O6. The van der Waals surface area contributed by atoms with Gasteiger partial charge in [0.1, 0.15) is 12.7 Å². The lowest BCUT2D eigenvalue weighted by Crippen LogP contribution is -2.43. The summed E-state index contributed by atoms with van der Waals surface area (Å²) in [6.45, 7) is 2.81. The number of hydrogen-bond donors (Lipinski definition) is 2. The number of nitrogens with one attached hydrogen (secondary N) is 1. The summed E-state index contributed by atoms with van der Waals surface area (Å²) < 4.78 is 10.9. The van der Waals surface area contributed by atoms with Crippen LogP contribution >= 0.6 is 0 Å². The molecule has 0 radical (unpaired) electrons. The highest BCUT2D eigenvalue weighted by Crippen LogP contribution is 2.44. The maximum absolute atomic E-state index is 12.9. The van der Waals surface area contributed by atoms with E-state index in [1.807, 2.05) is 31.2 Å². The van der Waals surface area contributed by atoms with Crippen molar-refractivity contribution in [2.24, 2.45) is 5.41 Å². The summed E-state index contributed by atoms with van der Waals surface area (Å²) in [5.74, 6) is -1.15. The molecule has 35 heavy (non-hydrogen) atoms. The number of nitrogens with zero attached hydrogens (tertiary/aromatic N) is 1. The van der Waals surface area contributed by atoms with Crippen molar-refractivity contribution < 1.29 is 29.0 Å². The van der Waals surface area contributed by atoms with Crippen LogP contribution in [-0.4, -0.2) is 67.4 Å². The maximum atomic E-state index is 12.9. The number of carboxylic acid groups (broad SMARTS) is 1. The quantitative estimate of drug-likeness (QED) is 0.568. The van der Waals surface area contributed by atoms with Gasteiger partial charge in [-0.1, -0.05) is 55.5 Å². The highest BCUT2D eigenvalue weighted by atomic mass is 16.5. The minimum Gasteiger partial charge on any atom is -0.481 e. The lowest BCUT2D eigenvalue weighted by molar-refractivity contribution is -0.149. The van der Waals surface area contributed by atoms with Gasteiger partial charge in [0.05, 0.1) is 5.41 Å². The third-order valence-corrected chi connectivity index (χ3v) is 7.38. The molecule has 0 aromatic heterocycles. The normalized spacial score (nSPS) is 19.7. The van der Waals surface area contributed by atoms with Crippen LogP contribution in [0.4, 0.5) is 4.79 Å². The van der Waals surface area contributed by atoms with Crippen LogP contribution in [0.1, 0.15) is 43.2 Å². The molecule has 2 atom stereocenters. The fourth-order valence-electron chi connectivity index (χ4n) is 5.18. The molecule has 1 heterocycles. The van der Waals surface area contributed by atoms with Crippen LogP contribution in [0.3, 0.4) is 0 Å². The number of alkyl carbamates (subject to hydrolysis) is 1. The summed E-state index contributed by atoms with van der Waals surface area (Å²) >= 11 is 0. The number of fused-ring (bicyclic) bond motifs is 3. The Bertz CT molecular complexity index is 1060.